The Labute approximate surface area is 143 Å². The van der Waals surface area contributed by atoms with Crippen molar-refractivity contribution in [2.75, 3.05) is 0 Å². The molecule has 0 saturated carbocycles. The second-order valence-corrected chi connectivity index (χ2v) is 5.55. The van der Waals surface area contributed by atoms with Crippen LogP contribution in [0.5, 0.6) is 17.2 Å². The molecule has 5 heteroatoms. The van der Waals surface area contributed by atoms with Crippen LogP contribution in [-0.2, 0) is 0 Å². The summed E-state index contributed by atoms with van der Waals surface area (Å²) in [6.45, 7) is 0. The number of rotatable bonds is 3. The lowest BCUT2D eigenvalue weighted by atomic mass is 10.2. The summed E-state index contributed by atoms with van der Waals surface area (Å²) in [6, 6.07) is 21.6. The lowest BCUT2D eigenvalue weighted by Crippen LogP contribution is -1.93. The monoisotopic (exact) mass is 327 g/mol. The smallest absolute Gasteiger partial charge is 0.128 e. The SMILES string of the molecule is N#Cc1ccc(-n2cc3cc(Oc4ccc(O)cc4)ccc3n2)cc1. The molecule has 0 aliphatic heterocycles. The van der Waals surface area contributed by atoms with Crippen LogP contribution in [0.15, 0.2) is 72.9 Å². The Balaban J connectivity index is 1.64. The van der Waals surface area contributed by atoms with E-state index in [1.54, 1.807) is 41.1 Å². The van der Waals surface area contributed by atoms with Crippen LogP contribution in [-0.4, -0.2) is 14.9 Å². The standard InChI is InChI=1S/C20H13N3O2/c21-12-14-1-3-16(4-2-14)23-13-15-11-19(9-10-20(15)22-23)25-18-7-5-17(24)6-8-18/h1-11,13,24H. The molecule has 0 saturated heterocycles. The molecule has 0 aliphatic carbocycles. The molecule has 0 atom stereocenters. The van der Waals surface area contributed by atoms with Crippen molar-refractivity contribution in [3.8, 4) is 29.0 Å². The third-order valence-electron chi connectivity index (χ3n) is 3.81. The molecule has 0 radical (unpaired) electrons. The maximum atomic E-state index is 9.32. The largest absolute Gasteiger partial charge is 0.508 e. The molecule has 1 aromatic heterocycles. The van der Waals surface area contributed by atoms with Crippen molar-refractivity contribution in [3.05, 3.63) is 78.5 Å². The van der Waals surface area contributed by atoms with E-state index in [0.717, 1.165) is 16.6 Å². The van der Waals surface area contributed by atoms with Gasteiger partial charge in [-0.15, -0.1) is 0 Å². The van der Waals surface area contributed by atoms with Crippen molar-refractivity contribution in [3.63, 3.8) is 0 Å². The van der Waals surface area contributed by atoms with Crippen molar-refractivity contribution in [1.29, 1.82) is 5.26 Å². The maximum absolute atomic E-state index is 9.32. The summed E-state index contributed by atoms with van der Waals surface area (Å²) in [4.78, 5) is 0. The lowest BCUT2D eigenvalue weighted by Gasteiger charge is -2.05. The molecule has 0 spiro atoms. The molecule has 0 bridgehead atoms. The van der Waals surface area contributed by atoms with Gasteiger partial charge in [0.2, 0.25) is 0 Å². The van der Waals surface area contributed by atoms with E-state index in [-0.39, 0.29) is 5.75 Å². The first-order valence-corrected chi connectivity index (χ1v) is 7.68. The zero-order chi connectivity index (χ0) is 17.2. The van der Waals surface area contributed by atoms with Crippen molar-refractivity contribution in [2.45, 2.75) is 0 Å². The molecule has 120 valence electrons. The van der Waals surface area contributed by atoms with Crippen LogP contribution < -0.4 is 4.74 Å². The van der Waals surface area contributed by atoms with E-state index in [1.165, 1.54) is 0 Å². The van der Waals surface area contributed by atoms with Crippen molar-refractivity contribution < 1.29 is 9.84 Å². The minimum absolute atomic E-state index is 0.200. The maximum Gasteiger partial charge on any atom is 0.128 e. The first-order chi connectivity index (χ1) is 12.2. The second kappa shape index (κ2) is 6.02. The molecule has 4 rings (SSSR count). The Morgan fingerprint density at radius 2 is 1.64 bits per heavy atom. The molecule has 4 aromatic rings. The van der Waals surface area contributed by atoms with E-state index in [4.69, 9.17) is 10.00 Å². The van der Waals surface area contributed by atoms with Crippen molar-refractivity contribution >= 4 is 10.9 Å². The molecule has 0 aliphatic rings. The van der Waals surface area contributed by atoms with Gasteiger partial charge in [0.15, 0.2) is 0 Å². The molecule has 1 heterocycles. The first kappa shape index (κ1) is 14.8. The zero-order valence-electron chi connectivity index (χ0n) is 13.1. The number of aromatic hydroxyl groups is 1. The summed E-state index contributed by atoms with van der Waals surface area (Å²) >= 11 is 0. The number of aromatic nitrogens is 2. The van der Waals surface area contributed by atoms with Crippen LogP contribution >= 0.6 is 0 Å². The third kappa shape index (κ3) is 3.01. The topological polar surface area (TPSA) is 71.1 Å². The number of phenols is 1. The van der Waals surface area contributed by atoms with Crippen molar-refractivity contribution in [2.24, 2.45) is 0 Å². The van der Waals surface area contributed by atoms with Gasteiger partial charge in [-0.2, -0.15) is 10.4 Å². The highest BCUT2D eigenvalue weighted by Crippen LogP contribution is 2.27. The summed E-state index contributed by atoms with van der Waals surface area (Å²) < 4.78 is 7.58. The molecule has 0 amide bonds. The highest BCUT2D eigenvalue weighted by molar-refractivity contribution is 5.80. The van der Waals surface area contributed by atoms with Crippen LogP contribution in [0, 0.1) is 11.3 Å². The Bertz CT molecular complexity index is 1070. The van der Waals surface area contributed by atoms with Gasteiger partial charge in [0.25, 0.3) is 0 Å². The van der Waals surface area contributed by atoms with Gasteiger partial charge in [-0.25, -0.2) is 4.68 Å². The number of benzene rings is 3. The first-order valence-electron chi connectivity index (χ1n) is 7.68. The van der Waals surface area contributed by atoms with Crippen LogP contribution in [0.3, 0.4) is 0 Å². The normalized spacial score (nSPS) is 10.5. The quantitative estimate of drug-likeness (QED) is 0.605. The number of hydrogen-bond acceptors (Lipinski definition) is 4. The van der Waals surface area contributed by atoms with Gasteiger partial charge in [-0.05, 0) is 66.7 Å². The molecular formula is C20H13N3O2. The fourth-order valence-electron chi connectivity index (χ4n) is 2.54. The van der Waals surface area contributed by atoms with E-state index in [1.807, 2.05) is 36.5 Å². The summed E-state index contributed by atoms with van der Waals surface area (Å²) in [5.74, 6) is 1.54. The summed E-state index contributed by atoms with van der Waals surface area (Å²) in [6.07, 6.45) is 1.92. The molecule has 25 heavy (non-hydrogen) atoms. The van der Waals surface area contributed by atoms with Gasteiger partial charge < -0.3 is 9.84 Å². The van der Waals surface area contributed by atoms with Crippen LogP contribution in [0.2, 0.25) is 0 Å². The number of phenolic OH excluding ortho intramolecular Hbond substituents is 1. The van der Waals surface area contributed by atoms with E-state index in [2.05, 4.69) is 11.2 Å². The summed E-state index contributed by atoms with van der Waals surface area (Å²) in [5, 5.41) is 23.7. The van der Waals surface area contributed by atoms with Gasteiger partial charge in [-0.3, -0.25) is 0 Å². The zero-order valence-corrected chi connectivity index (χ0v) is 13.1. The van der Waals surface area contributed by atoms with Gasteiger partial charge in [-0.1, -0.05) is 0 Å². The van der Waals surface area contributed by atoms with Crippen LogP contribution in [0.1, 0.15) is 5.56 Å². The highest BCUT2D eigenvalue weighted by atomic mass is 16.5. The number of hydrogen-bond donors (Lipinski definition) is 1. The minimum Gasteiger partial charge on any atom is -0.508 e. The fraction of sp³-hybridized carbons (Fsp3) is 0. The van der Waals surface area contributed by atoms with E-state index >= 15 is 0 Å². The predicted octanol–water partition coefficient (Wildman–Crippen LogP) is 4.40. The van der Waals surface area contributed by atoms with E-state index < -0.39 is 0 Å². The number of nitrogens with zero attached hydrogens (tertiary/aromatic N) is 3. The average molecular weight is 327 g/mol. The highest BCUT2D eigenvalue weighted by Gasteiger charge is 2.06. The molecular weight excluding hydrogens is 314 g/mol. The number of ether oxygens (including phenoxy) is 1. The van der Waals surface area contributed by atoms with Gasteiger partial charge in [0.1, 0.15) is 17.2 Å². The minimum atomic E-state index is 0.200. The Morgan fingerprint density at radius 3 is 2.36 bits per heavy atom. The molecule has 0 unspecified atom stereocenters. The van der Waals surface area contributed by atoms with Gasteiger partial charge in [0.05, 0.1) is 22.8 Å². The van der Waals surface area contributed by atoms with Gasteiger partial charge in [0, 0.05) is 11.6 Å². The average Bonchev–Trinajstić information content (AvgIpc) is 3.07. The lowest BCUT2D eigenvalue weighted by molar-refractivity contribution is 0.464. The van der Waals surface area contributed by atoms with E-state index in [9.17, 15) is 5.11 Å². The molecule has 5 nitrogen and oxygen atoms in total. The molecule has 3 aromatic carbocycles. The fourth-order valence-corrected chi connectivity index (χ4v) is 2.54. The predicted molar refractivity (Wildman–Crippen MR) is 94.0 cm³/mol. The van der Waals surface area contributed by atoms with E-state index in [0.29, 0.717) is 17.1 Å². The third-order valence-corrected chi connectivity index (χ3v) is 3.81. The van der Waals surface area contributed by atoms with Gasteiger partial charge >= 0.3 is 0 Å². The van der Waals surface area contributed by atoms with Crippen molar-refractivity contribution in [1.82, 2.24) is 9.78 Å². The Hall–Kier alpha value is -3.78. The summed E-state index contributed by atoms with van der Waals surface area (Å²) in [7, 11) is 0. The molecule has 1 N–H and O–H groups in total. The summed E-state index contributed by atoms with van der Waals surface area (Å²) in [5.41, 5.74) is 2.35. The molecule has 0 fully saturated rings. The van der Waals surface area contributed by atoms with Crippen LogP contribution in [0.25, 0.3) is 16.6 Å². The Morgan fingerprint density at radius 1 is 0.920 bits per heavy atom. The number of fused-ring (bicyclic) bond motifs is 1. The Kier molecular flexibility index (Phi) is 3.56. The second-order valence-electron chi connectivity index (χ2n) is 5.55. The van der Waals surface area contributed by atoms with Crippen LogP contribution in [0.4, 0.5) is 0 Å². The number of nitriles is 1.